The largest absolute Gasteiger partial charge is 0.502 e. The number of hydrogen-bond acceptors (Lipinski definition) is 14. The number of piperidine rings is 1. The summed E-state index contributed by atoms with van der Waals surface area (Å²) < 4.78 is 53.4. The third-order valence-electron chi connectivity index (χ3n) is 10.5. The maximum atomic E-state index is 13.5. The zero-order valence-corrected chi connectivity index (χ0v) is 27.6. The number of benzene rings is 2. The maximum absolute atomic E-state index is 13.5. The van der Waals surface area contributed by atoms with Crippen LogP contribution in [0.4, 0.5) is 0 Å². The fourth-order valence-electron chi connectivity index (χ4n) is 7.96. The summed E-state index contributed by atoms with van der Waals surface area (Å²) in [6.45, 7) is 1.82. The zero-order chi connectivity index (χ0) is 32.6. The number of nitrogens with zero attached hydrogens (tertiary/aromatic N) is 1. The van der Waals surface area contributed by atoms with Gasteiger partial charge in [-0.1, -0.05) is 0 Å². The summed E-state index contributed by atoms with van der Waals surface area (Å²) in [7, 11) is 4.91. The van der Waals surface area contributed by atoms with E-state index in [-0.39, 0.29) is 49.7 Å². The van der Waals surface area contributed by atoms with Crippen molar-refractivity contribution in [3.05, 3.63) is 41.0 Å². The van der Waals surface area contributed by atoms with Crippen molar-refractivity contribution in [1.29, 1.82) is 0 Å². The van der Waals surface area contributed by atoms with Crippen LogP contribution >= 0.6 is 12.4 Å². The second-order valence-corrected chi connectivity index (χ2v) is 13.1. The molecule has 4 fully saturated rings. The molecule has 6 aliphatic rings. The summed E-state index contributed by atoms with van der Waals surface area (Å²) in [6, 6.07) is 6.98. The molecule has 8 rings (SSSR count). The molecule has 9 atom stereocenters. The number of phenolic OH excluding ortho intramolecular Hbond substituents is 1. The van der Waals surface area contributed by atoms with Gasteiger partial charge >= 0.3 is 5.97 Å². The number of methoxy groups -OCH3 is 2. The van der Waals surface area contributed by atoms with E-state index in [0.717, 1.165) is 13.1 Å². The minimum Gasteiger partial charge on any atom is -0.502 e. The monoisotopic (exact) mass is 693 g/mol. The predicted octanol–water partition coefficient (Wildman–Crippen LogP) is 1.84. The molecule has 0 unspecified atom stereocenters. The number of halogens is 1. The van der Waals surface area contributed by atoms with Crippen molar-refractivity contribution in [2.75, 3.05) is 54.4 Å². The van der Waals surface area contributed by atoms with Crippen molar-refractivity contribution in [2.45, 2.75) is 61.4 Å². The lowest BCUT2D eigenvalue weighted by Crippen LogP contribution is -2.66. The van der Waals surface area contributed by atoms with Crippen molar-refractivity contribution in [2.24, 2.45) is 11.8 Å². The summed E-state index contributed by atoms with van der Waals surface area (Å²) in [5.41, 5.74) is 2.03. The number of fused-ring (bicyclic) bond motifs is 4. The molecular formula is C33H40ClNO13. The summed E-state index contributed by atoms with van der Waals surface area (Å²) in [5, 5.41) is 33.4. The van der Waals surface area contributed by atoms with Crippen LogP contribution in [0.1, 0.15) is 41.6 Å². The number of ether oxygens (including phenoxy) is 9. The fourth-order valence-corrected chi connectivity index (χ4v) is 7.96. The van der Waals surface area contributed by atoms with Gasteiger partial charge < -0.3 is 62.9 Å². The van der Waals surface area contributed by atoms with Crippen LogP contribution in [0, 0.1) is 11.8 Å². The molecule has 15 heteroatoms. The first kappa shape index (κ1) is 33.4. The predicted molar refractivity (Wildman–Crippen MR) is 166 cm³/mol. The van der Waals surface area contributed by atoms with Crippen molar-refractivity contribution in [3.63, 3.8) is 0 Å². The summed E-state index contributed by atoms with van der Waals surface area (Å²) in [5.74, 6) is -1.86. The standard InChI is InChI=1S/C33H39NO13.ClH/c1-34-6-4-33(5-7-34)44-13-23-30(47-33)27(36)28(37)32(45-23)46-29-17-11-20-19(42-14-43-20)10-16(17)24(25-18(29)12-41-31(25)38)15-8-21(39-2)26(35)22(9-15)40-3;/h8-11,18,23-25,27-30,32,35-37H,4-7,12-14H2,1-3H3;1H/t18-,23+,24+,25-,27+,28+,29+,30+,32-;/m0./s1. The lowest BCUT2D eigenvalue weighted by molar-refractivity contribution is -0.401. The van der Waals surface area contributed by atoms with E-state index in [1.165, 1.54) is 14.2 Å². The van der Waals surface area contributed by atoms with Crippen molar-refractivity contribution in [1.82, 2.24) is 4.90 Å². The fraction of sp³-hybridized carbons (Fsp3) is 0.606. The molecule has 48 heavy (non-hydrogen) atoms. The van der Waals surface area contributed by atoms with Crippen LogP contribution in [0.25, 0.3) is 0 Å². The SMILES string of the molecule is COc1cc([C@@H]2c3cc4c(cc3[C@@H](O[C@@H]3O[C@@H]5COC6(CCN(C)CC6)O[C@H]5[C@H](O)[C@H]3O)[C@H]3COC(=O)[C@H]23)OCO4)cc(OC)c1O.Cl. The van der Waals surface area contributed by atoms with Crippen LogP contribution in [-0.4, -0.2) is 117 Å². The molecule has 0 amide bonds. The molecule has 0 saturated carbocycles. The molecule has 1 spiro atoms. The highest BCUT2D eigenvalue weighted by molar-refractivity contribution is 5.85. The number of phenols is 1. The van der Waals surface area contributed by atoms with E-state index in [1.807, 2.05) is 19.2 Å². The minimum atomic E-state index is -1.45. The van der Waals surface area contributed by atoms with Gasteiger partial charge in [-0.05, 0) is 48.0 Å². The molecule has 1 aliphatic carbocycles. The number of esters is 1. The van der Waals surface area contributed by atoms with Crippen LogP contribution in [0.15, 0.2) is 24.3 Å². The maximum Gasteiger partial charge on any atom is 0.310 e. The molecule has 2 aromatic carbocycles. The van der Waals surface area contributed by atoms with E-state index in [9.17, 15) is 20.1 Å². The molecule has 0 aromatic heterocycles. The van der Waals surface area contributed by atoms with Crippen LogP contribution in [0.3, 0.4) is 0 Å². The number of cyclic esters (lactones) is 1. The average Bonchev–Trinajstić information content (AvgIpc) is 3.70. The Morgan fingerprint density at radius 1 is 0.917 bits per heavy atom. The molecule has 2 aromatic rings. The highest BCUT2D eigenvalue weighted by atomic mass is 35.5. The van der Waals surface area contributed by atoms with Gasteiger partial charge in [0.1, 0.15) is 24.4 Å². The number of rotatable bonds is 5. The average molecular weight is 694 g/mol. The van der Waals surface area contributed by atoms with Gasteiger partial charge in [0.2, 0.25) is 12.5 Å². The van der Waals surface area contributed by atoms with Gasteiger partial charge in [0.25, 0.3) is 0 Å². The highest BCUT2D eigenvalue weighted by Gasteiger charge is 2.57. The van der Waals surface area contributed by atoms with Crippen molar-refractivity contribution < 1.29 is 62.7 Å². The molecule has 262 valence electrons. The number of aromatic hydroxyl groups is 1. The van der Waals surface area contributed by atoms with Crippen LogP contribution in [-0.2, 0) is 28.5 Å². The first-order valence-electron chi connectivity index (χ1n) is 15.9. The molecule has 4 saturated heterocycles. The molecular weight excluding hydrogens is 654 g/mol. The number of aliphatic hydroxyl groups excluding tert-OH is 2. The van der Waals surface area contributed by atoms with Crippen molar-refractivity contribution in [3.8, 4) is 28.7 Å². The molecule has 0 bridgehead atoms. The number of carbonyl (C=O) groups excluding carboxylic acids is 1. The molecule has 5 aliphatic heterocycles. The molecule has 14 nitrogen and oxygen atoms in total. The third-order valence-corrected chi connectivity index (χ3v) is 10.5. The van der Waals surface area contributed by atoms with Crippen LogP contribution in [0.5, 0.6) is 28.7 Å². The van der Waals surface area contributed by atoms with E-state index >= 15 is 0 Å². The summed E-state index contributed by atoms with van der Waals surface area (Å²) in [6.07, 6.45) is -5.04. The van der Waals surface area contributed by atoms with E-state index in [2.05, 4.69) is 4.90 Å². The molecule has 0 radical (unpaired) electrons. The van der Waals surface area contributed by atoms with Crippen molar-refractivity contribution >= 4 is 18.4 Å². The van der Waals surface area contributed by atoms with Gasteiger partial charge in [0.15, 0.2) is 35.1 Å². The topological polar surface area (TPSA) is 164 Å². The Hall–Kier alpha value is -3.08. The Morgan fingerprint density at radius 2 is 1.58 bits per heavy atom. The molecule has 3 N–H and O–H groups in total. The number of hydrogen-bond donors (Lipinski definition) is 3. The zero-order valence-electron chi connectivity index (χ0n) is 26.7. The highest BCUT2D eigenvalue weighted by Crippen LogP contribution is 2.57. The second kappa shape index (κ2) is 12.7. The Bertz CT molecular complexity index is 1520. The Morgan fingerprint density at radius 3 is 2.25 bits per heavy atom. The van der Waals surface area contributed by atoms with Gasteiger partial charge in [0.05, 0.1) is 39.5 Å². The van der Waals surface area contributed by atoms with Crippen LogP contribution < -0.4 is 18.9 Å². The Balaban J connectivity index is 0.00000364. The van der Waals surface area contributed by atoms with E-state index in [0.29, 0.717) is 41.0 Å². The number of carbonyl (C=O) groups is 1. The van der Waals surface area contributed by atoms with Gasteiger partial charge in [0, 0.05) is 37.8 Å². The smallest absolute Gasteiger partial charge is 0.310 e. The quantitative estimate of drug-likeness (QED) is 0.389. The van der Waals surface area contributed by atoms with E-state index in [4.69, 9.17) is 42.6 Å². The third kappa shape index (κ3) is 5.33. The normalized spacial score (nSPS) is 34.8. The Kier molecular flexibility index (Phi) is 8.82. The first-order chi connectivity index (χ1) is 22.7. The number of aliphatic hydroxyl groups is 2. The lowest BCUT2D eigenvalue weighted by Gasteiger charge is -2.52. The van der Waals surface area contributed by atoms with Gasteiger partial charge in [-0.15, -0.1) is 12.4 Å². The minimum absolute atomic E-state index is 0. The van der Waals surface area contributed by atoms with E-state index < -0.39 is 66.3 Å². The summed E-state index contributed by atoms with van der Waals surface area (Å²) >= 11 is 0. The van der Waals surface area contributed by atoms with E-state index in [1.54, 1.807) is 12.1 Å². The Labute approximate surface area is 283 Å². The van der Waals surface area contributed by atoms with Gasteiger partial charge in [-0.25, -0.2) is 0 Å². The summed E-state index contributed by atoms with van der Waals surface area (Å²) in [4.78, 5) is 15.7. The van der Waals surface area contributed by atoms with Gasteiger partial charge in [-0.2, -0.15) is 0 Å². The second-order valence-electron chi connectivity index (χ2n) is 13.1. The molecule has 5 heterocycles. The number of likely N-dealkylation sites (tertiary alicyclic amines) is 1. The lowest BCUT2D eigenvalue weighted by atomic mass is 9.66. The first-order valence-corrected chi connectivity index (χ1v) is 15.9. The van der Waals surface area contributed by atoms with Gasteiger partial charge in [-0.3, -0.25) is 4.79 Å². The van der Waals surface area contributed by atoms with Crippen LogP contribution in [0.2, 0.25) is 0 Å².